The molecule has 1 N–H and O–H groups in total. The van der Waals surface area contributed by atoms with Gasteiger partial charge in [-0.2, -0.15) is 0 Å². The first-order chi connectivity index (χ1) is 7.31. The zero-order valence-electron chi connectivity index (χ0n) is 9.44. The lowest BCUT2D eigenvalue weighted by Gasteiger charge is -2.16. The first kappa shape index (κ1) is 10.5. The maximum absolute atomic E-state index is 11.5. The summed E-state index contributed by atoms with van der Waals surface area (Å²) in [5.41, 5.74) is 3.97. The fourth-order valence-electron chi connectivity index (χ4n) is 2.51. The van der Waals surface area contributed by atoms with E-state index >= 15 is 0 Å². The van der Waals surface area contributed by atoms with Crippen molar-refractivity contribution in [2.75, 3.05) is 0 Å². The Morgan fingerprint density at radius 1 is 1.20 bits per heavy atom. The zero-order valence-corrected chi connectivity index (χ0v) is 9.44. The molecule has 1 aliphatic carbocycles. The first-order valence-corrected chi connectivity index (χ1v) is 6.05. The number of hydrogen-bond donors (Lipinski definition) is 1. The van der Waals surface area contributed by atoms with Gasteiger partial charge in [0, 0.05) is 11.8 Å². The molecule has 1 aliphatic rings. The Morgan fingerprint density at radius 2 is 1.93 bits per heavy atom. The number of hydrogen-bond acceptors (Lipinski definition) is 1. The van der Waals surface area contributed by atoms with E-state index in [1.165, 1.54) is 42.5 Å². The van der Waals surface area contributed by atoms with Crippen molar-refractivity contribution in [1.82, 2.24) is 4.98 Å². The highest BCUT2D eigenvalue weighted by molar-refractivity contribution is 5.31. The molecule has 0 aromatic carbocycles. The van der Waals surface area contributed by atoms with Crippen LogP contribution in [0.3, 0.4) is 0 Å². The highest BCUT2D eigenvalue weighted by Crippen LogP contribution is 2.21. The van der Waals surface area contributed by atoms with E-state index in [4.69, 9.17) is 0 Å². The molecule has 82 valence electrons. The number of nitrogens with one attached hydrogen (secondary N) is 1. The van der Waals surface area contributed by atoms with Crippen LogP contribution in [0.25, 0.3) is 0 Å². The van der Waals surface area contributed by atoms with Crippen LogP contribution in [-0.4, -0.2) is 4.98 Å². The van der Waals surface area contributed by atoms with Crippen molar-refractivity contribution in [3.8, 4) is 0 Å². The first-order valence-electron chi connectivity index (χ1n) is 6.05. The van der Waals surface area contributed by atoms with Crippen LogP contribution in [0, 0.1) is 0 Å². The molecule has 0 amide bonds. The molecule has 15 heavy (non-hydrogen) atoms. The van der Waals surface area contributed by atoms with Crippen molar-refractivity contribution in [2.24, 2.45) is 0 Å². The van der Waals surface area contributed by atoms with Gasteiger partial charge < -0.3 is 4.98 Å². The van der Waals surface area contributed by atoms with Gasteiger partial charge in [0.05, 0.1) is 0 Å². The van der Waals surface area contributed by atoms with Crippen molar-refractivity contribution >= 4 is 0 Å². The maximum atomic E-state index is 11.5. The summed E-state index contributed by atoms with van der Waals surface area (Å²) < 4.78 is 0. The standard InChI is InChI=1S/C13H19NO/c1-2-12-11-8-6-4-3-5-7-10(11)9-13(15)14-12/h9H,2-8H2,1H3,(H,14,15). The van der Waals surface area contributed by atoms with Crippen LogP contribution >= 0.6 is 0 Å². The number of aromatic amines is 1. The van der Waals surface area contributed by atoms with Gasteiger partial charge in [0.25, 0.3) is 0 Å². The molecule has 1 aromatic rings. The molecule has 1 heterocycles. The number of aromatic nitrogens is 1. The monoisotopic (exact) mass is 205 g/mol. The van der Waals surface area contributed by atoms with Crippen LogP contribution in [0.15, 0.2) is 10.9 Å². The van der Waals surface area contributed by atoms with E-state index in [0.717, 1.165) is 19.3 Å². The molecule has 0 atom stereocenters. The highest BCUT2D eigenvalue weighted by atomic mass is 16.1. The molecule has 1 aromatic heterocycles. The topological polar surface area (TPSA) is 32.9 Å². The molecule has 0 aliphatic heterocycles. The molecule has 2 nitrogen and oxygen atoms in total. The van der Waals surface area contributed by atoms with E-state index in [1.54, 1.807) is 6.07 Å². The molecule has 0 bridgehead atoms. The van der Waals surface area contributed by atoms with Crippen LogP contribution in [-0.2, 0) is 19.3 Å². The van der Waals surface area contributed by atoms with Gasteiger partial charge in [-0.25, -0.2) is 0 Å². The molecule has 0 spiro atoms. The minimum absolute atomic E-state index is 0.0752. The lowest BCUT2D eigenvalue weighted by atomic mass is 9.92. The number of H-pyrrole nitrogens is 1. The predicted molar refractivity (Wildman–Crippen MR) is 62.3 cm³/mol. The van der Waals surface area contributed by atoms with Gasteiger partial charge in [0.15, 0.2) is 0 Å². The van der Waals surface area contributed by atoms with Crippen LogP contribution in [0.4, 0.5) is 0 Å². The Bertz CT molecular complexity index is 392. The van der Waals surface area contributed by atoms with Gasteiger partial charge >= 0.3 is 0 Å². The molecule has 0 saturated carbocycles. The van der Waals surface area contributed by atoms with Crippen molar-refractivity contribution in [1.29, 1.82) is 0 Å². The average molecular weight is 205 g/mol. The number of fused-ring (bicyclic) bond motifs is 1. The second-order valence-corrected chi connectivity index (χ2v) is 4.38. The minimum Gasteiger partial charge on any atom is -0.326 e. The summed E-state index contributed by atoms with van der Waals surface area (Å²) in [7, 11) is 0. The second-order valence-electron chi connectivity index (χ2n) is 4.38. The summed E-state index contributed by atoms with van der Waals surface area (Å²) in [6.45, 7) is 2.12. The highest BCUT2D eigenvalue weighted by Gasteiger charge is 2.11. The van der Waals surface area contributed by atoms with Gasteiger partial charge in [-0.05, 0) is 43.2 Å². The zero-order chi connectivity index (χ0) is 10.7. The molecular weight excluding hydrogens is 186 g/mol. The summed E-state index contributed by atoms with van der Waals surface area (Å²) in [5, 5.41) is 0. The quantitative estimate of drug-likeness (QED) is 0.751. The van der Waals surface area contributed by atoms with E-state index in [0.29, 0.717) is 0 Å². The summed E-state index contributed by atoms with van der Waals surface area (Å²) >= 11 is 0. The van der Waals surface area contributed by atoms with Crippen LogP contribution in [0.5, 0.6) is 0 Å². The van der Waals surface area contributed by atoms with Crippen molar-refractivity contribution < 1.29 is 0 Å². The third kappa shape index (κ3) is 2.31. The Hall–Kier alpha value is -1.05. The van der Waals surface area contributed by atoms with Gasteiger partial charge in [0.2, 0.25) is 5.56 Å². The number of aryl methyl sites for hydroxylation is 2. The van der Waals surface area contributed by atoms with E-state index < -0.39 is 0 Å². The Balaban J connectivity index is 2.45. The van der Waals surface area contributed by atoms with Crippen molar-refractivity contribution in [2.45, 2.75) is 51.9 Å². The van der Waals surface area contributed by atoms with E-state index in [-0.39, 0.29) is 5.56 Å². The fraction of sp³-hybridized carbons (Fsp3) is 0.615. The van der Waals surface area contributed by atoms with Gasteiger partial charge in [-0.1, -0.05) is 19.8 Å². The summed E-state index contributed by atoms with van der Waals surface area (Å²) in [6, 6.07) is 1.81. The predicted octanol–water partition coefficient (Wildman–Crippen LogP) is 2.60. The molecule has 0 radical (unpaired) electrons. The molecule has 0 saturated heterocycles. The van der Waals surface area contributed by atoms with Crippen molar-refractivity contribution in [3.63, 3.8) is 0 Å². The summed E-state index contributed by atoms with van der Waals surface area (Å²) in [4.78, 5) is 14.4. The average Bonchev–Trinajstić information content (AvgIpc) is 2.19. The van der Waals surface area contributed by atoms with E-state index in [1.807, 2.05) is 0 Å². The fourth-order valence-corrected chi connectivity index (χ4v) is 2.51. The van der Waals surface area contributed by atoms with Crippen LogP contribution in [0.2, 0.25) is 0 Å². The second kappa shape index (κ2) is 4.65. The third-order valence-corrected chi connectivity index (χ3v) is 3.31. The van der Waals surface area contributed by atoms with Crippen LogP contribution in [0.1, 0.15) is 49.4 Å². The lowest BCUT2D eigenvalue weighted by molar-refractivity contribution is 0.611. The van der Waals surface area contributed by atoms with Crippen LogP contribution < -0.4 is 5.56 Å². The SMILES string of the molecule is CCc1[nH]c(=O)cc2c1CCCCCC2. The minimum atomic E-state index is 0.0752. The molecule has 0 unspecified atom stereocenters. The maximum Gasteiger partial charge on any atom is 0.248 e. The molecular formula is C13H19NO. The largest absolute Gasteiger partial charge is 0.326 e. The number of rotatable bonds is 1. The Morgan fingerprint density at radius 3 is 2.67 bits per heavy atom. The molecule has 2 heteroatoms. The Labute approximate surface area is 90.7 Å². The van der Waals surface area contributed by atoms with Crippen molar-refractivity contribution in [3.05, 3.63) is 33.2 Å². The van der Waals surface area contributed by atoms with Gasteiger partial charge in [-0.15, -0.1) is 0 Å². The normalized spacial score (nSPS) is 16.6. The van der Waals surface area contributed by atoms with Gasteiger partial charge in [-0.3, -0.25) is 4.79 Å². The van der Waals surface area contributed by atoms with E-state index in [9.17, 15) is 4.79 Å². The summed E-state index contributed by atoms with van der Waals surface area (Å²) in [5.74, 6) is 0. The van der Waals surface area contributed by atoms with E-state index in [2.05, 4.69) is 11.9 Å². The van der Waals surface area contributed by atoms with Gasteiger partial charge in [0.1, 0.15) is 0 Å². The molecule has 2 rings (SSSR count). The third-order valence-electron chi connectivity index (χ3n) is 3.31. The Kier molecular flexibility index (Phi) is 3.24. The molecule has 0 fully saturated rings. The lowest BCUT2D eigenvalue weighted by Crippen LogP contribution is -2.15. The smallest absolute Gasteiger partial charge is 0.248 e. The number of pyridine rings is 1. The summed E-state index contributed by atoms with van der Waals surface area (Å²) in [6.07, 6.45) is 8.33.